The zero-order valence-corrected chi connectivity index (χ0v) is 14.9. The van der Waals surface area contributed by atoms with Crippen molar-refractivity contribution in [1.29, 1.82) is 0 Å². The minimum absolute atomic E-state index is 0.0509. The van der Waals surface area contributed by atoms with Gasteiger partial charge in [-0.25, -0.2) is 4.79 Å². The fourth-order valence-electron chi connectivity index (χ4n) is 2.42. The first kappa shape index (κ1) is 18.5. The van der Waals surface area contributed by atoms with Crippen molar-refractivity contribution in [3.8, 4) is 5.75 Å². The van der Waals surface area contributed by atoms with E-state index in [1.54, 1.807) is 13.0 Å². The van der Waals surface area contributed by atoms with Gasteiger partial charge >= 0.3 is 5.97 Å². The number of nitrogens with one attached hydrogen (secondary N) is 1. The van der Waals surface area contributed by atoms with Crippen LogP contribution in [0.1, 0.15) is 45.6 Å². The standard InChI is InChI=1S/C20H23NO4/c1-12-5-8-18(22)17(9-12)20(24)25-11-19(23)21-15(4)16-7-6-13(2)14(3)10-16/h5-10,15,22H,11H2,1-4H3,(H,21,23)/t15-/m1/s1. The summed E-state index contributed by atoms with van der Waals surface area (Å²) >= 11 is 0. The predicted octanol–water partition coefficient (Wildman–Crippen LogP) is 3.35. The third-order valence-corrected chi connectivity index (χ3v) is 4.11. The van der Waals surface area contributed by atoms with Crippen molar-refractivity contribution < 1.29 is 19.4 Å². The van der Waals surface area contributed by atoms with Gasteiger partial charge in [0.2, 0.25) is 0 Å². The molecule has 0 aliphatic heterocycles. The van der Waals surface area contributed by atoms with Crippen LogP contribution in [-0.4, -0.2) is 23.6 Å². The van der Waals surface area contributed by atoms with E-state index in [1.165, 1.54) is 17.7 Å². The first-order chi connectivity index (χ1) is 11.8. The van der Waals surface area contributed by atoms with Gasteiger partial charge in [0.25, 0.3) is 5.91 Å². The second-order valence-corrected chi connectivity index (χ2v) is 6.23. The van der Waals surface area contributed by atoms with Gasteiger partial charge in [0, 0.05) is 0 Å². The fraction of sp³-hybridized carbons (Fsp3) is 0.300. The van der Waals surface area contributed by atoms with E-state index in [9.17, 15) is 14.7 Å². The summed E-state index contributed by atoms with van der Waals surface area (Å²) < 4.78 is 4.99. The van der Waals surface area contributed by atoms with Crippen LogP contribution in [0, 0.1) is 20.8 Å². The Kier molecular flexibility index (Phi) is 5.80. The molecule has 0 aromatic heterocycles. The number of carbonyl (C=O) groups is 2. The lowest BCUT2D eigenvalue weighted by Gasteiger charge is -2.16. The molecule has 0 radical (unpaired) electrons. The normalized spacial score (nSPS) is 11.7. The number of benzene rings is 2. The fourth-order valence-corrected chi connectivity index (χ4v) is 2.42. The van der Waals surface area contributed by atoms with Crippen LogP contribution in [-0.2, 0) is 9.53 Å². The largest absolute Gasteiger partial charge is 0.507 e. The molecule has 0 saturated heterocycles. The molecule has 0 aliphatic rings. The minimum Gasteiger partial charge on any atom is -0.507 e. The third kappa shape index (κ3) is 4.83. The van der Waals surface area contributed by atoms with Crippen molar-refractivity contribution in [2.75, 3.05) is 6.61 Å². The van der Waals surface area contributed by atoms with Crippen LogP contribution in [0.4, 0.5) is 0 Å². The molecule has 5 nitrogen and oxygen atoms in total. The molecule has 0 heterocycles. The van der Waals surface area contributed by atoms with Crippen molar-refractivity contribution in [3.63, 3.8) is 0 Å². The lowest BCUT2D eigenvalue weighted by atomic mass is 10.0. The number of aryl methyl sites for hydroxylation is 3. The quantitative estimate of drug-likeness (QED) is 0.818. The van der Waals surface area contributed by atoms with Crippen LogP contribution < -0.4 is 5.32 Å². The van der Waals surface area contributed by atoms with Gasteiger partial charge < -0.3 is 15.2 Å². The smallest absolute Gasteiger partial charge is 0.342 e. The van der Waals surface area contributed by atoms with E-state index >= 15 is 0 Å². The van der Waals surface area contributed by atoms with E-state index in [4.69, 9.17) is 4.74 Å². The Morgan fingerprint density at radius 1 is 1.08 bits per heavy atom. The average Bonchev–Trinajstić information content (AvgIpc) is 2.57. The van der Waals surface area contributed by atoms with E-state index in [2.05, 4.69) is 5.32 Å². The summed E-state index contributed by atoms with van der Waals surface area (Å²) in [6.07, 6.45) is 0. The Morgan fingerprint density at radius 2 is 1.80 bits per heavy atom. The SMILES string of the molecule is Cc1ccc(O)c(C(=O)OCC(=O)N[C@H](C)c2ccc(C)c(C)c2)c1. The molecule has 0 spiro atoms. The second kappa shape index (κ2) is 7.83. The average molecular weight is 341 g/mol. The lowest BCUT2D eigenvalue weighted by molar-refractivity contribution is -0.124. The highest BCUT2D eigenvalue weighted by molar-refractivity contribution is 5.94. The molecule has 0 bridgehead atoms. The number of hydrogen-bond donors (Lipinski definition) is 2. The third-order valence-electron chi connectivity index (χ3n) is 4.11. The molecular formula is C20H23NO4. The van der Waals surface area contributed by atoms with Crippen LogP contribution in [0.15, 0.2) is 36.4 Å². The van der Waals surface area contributed by atoms with Gasteiger partial charge in [-0.2, -0.15) is 0 Å². The number of amides is 1. The molecule has 5 heteroatoms. The summed E-state index contributed by atoms with van der Waals surface area (Å²) in [5, 5.41) is 12.5. The maximum atomic E-state index is 12.0. The molecule has 132 valence electrons. The predicted molar refractivity (Wildman–Crippen MR) is 95.6 cm³/mol. The molecule has 0 fully saturated rings. The van der Waals surface area contributed by atoms with Crippen LogP contribution in [0.3, 0.4) is 0 Å². The molecule has 1 atom stereocenters. The van der Waals surface area contributed by atoms with E-state index in [1.807, 2.05) is 39.0 Å². The van der Waals surface area contributed by atoms with Crippen molar-refractivity contribution in [2.24, 2.45) is 0 Å². The van der Waals surface area contributed by atoms with Crippen LogP contribution in [0.2, 0.25) is 0 Å². The lowest BCUT2D eigenvalue weighted by Crippen LogP contribution is -2.31. The topological polar surface area (TPSA) is 75.6 Å². The highest BCUT2D eigenvalue weighted by Gasteiger charge is 2.16. The monoisotopic (exact) mass is 341 g/mol. The summed E-state index contributed by atoms with van der Waals surface area (Å²) in [7, 11) is 0. The molecule has 1 amide bonds. The highest BCUT2D eigenvalue weighted by Crippen LogP contribution is 2.19. The Balaban J connectivity index is 1.92. The highest BCUT2D eigenvalue weighted by atomic mass is 16.5. The van der Waals surface area contributed by atoms with Crippen LogP contribution in [0.5, 0.6) is 5.75 Å². The number of hydrogen-bond acceptors (Lipinski definition) is 4. The number of carbonyl (C=O) groups excluding carboxylic acids is 2. The maximum Gasteiger partial charge on any atom is 0.342 e. The van der Waals surface area contributed by atoms with Gasteiger partial charge in [-0.3, -0.25) is 4.79 Å². The number of phenols is 1. The number of ether oxygens (including phenoxy) is 1. The van der Waals surface area contributed by atoms with E-state index < -0.39 is 18.5 Å². The first-order valence-corrected chi connectivity index (χ1v) is 8.11. The summed E-state index contributed by atoms with van der Waals surface area (Å²) in [6, 6.07) is 10.4. The van der Waals surface area contributed by atoms with Crippen LogP contribution in [0.25, 0.3) is 0 Å². The molecule has 25 heavy (non-hydrogen) atoms. The van der Waals surface area contributed by atoms with E-state index in [0.717, 1.165) is 16.7 Å². The maximum absolute atomic E-state index is 12.0. The zero-order valence-electron chi connectivity index (χ0n) is 14.9. The van der Waals surface area contributed by atoms with Crippen LogP contribution >= 0.6 is 0 Å². The van der Waals surface area contributed by atoms with Gasteiger partial charge in [-0.15, -0.1) is 0 Å². The van der Waals surface area contributed by atoms with E-state index in [-0.39, 0.29) is 17.4 Å². The molecule has 0 saturated carbocycles. The molecular weight excluding hydrogens is 318 g/mol. The molecule has 2 aromatic carbocycles. The van der Waals surface area contributed by atoms with Gasteiger partial charge in [0.1, 0.15) is 11.3 Å². The Morgan fingerprint density at radius 3 is 2.48 bits per heavy atom. The minimum atomic E-state index is -0.727. The Hall–Kier alpha value is -2.82. The molecule has 0 unspecified atom stereocenters. The molecule has 2 N–H and O–H groups in total. The summed E-state index contributed by atoms with van der Waals surface area (Å²) in [5.41, 5.74) is 4.20. The Labute approximate surface area is 147 Å². The number of esters is 1. The summed E-state index contributed by atoms with van der Waals surface area (Å²) in [5.74, 6) is -1.29. The number of phenolic OH excluding ortho intramolecular Hbond substituents is 1. The molecule has 2 rings (SSSR count). The van der Waals surface area contributed by atoms with Crippen molar-refractivity contribution >= 4 is 11.9 Å². The van der Waals surface area contributed by atoms with Gasteiger partial charge in [-0.1, -0.05) is 29.8 Å². The van der Waals surface area contributed by atoms with Crippen molar-refractivity contribution in [2.45, 2.75) is 33.7 Å². The van der Waals surface area contributed by atoms with Crippen molar-refractivity contribution in [1.82, 2.24) is 5.32 Å². The van der Waals surface area contributed by atoms with Crippen molar-refractivity contribution in [3.05, 3.63) is 64.2 Å². The first-order valence-electron chi connectivity index (χ1n) is 8.11. The molecule has 2 aromatic rings. The second-order valence-electron chi connectivity index (χ2n) is 6.23. The van der Waals surface area contributed by atoms with Gasteiger partial charge in [-0.05, 0) is 56.5 Å². The van der Waals surface area contributed by atoms with Gasteiger partial charge in [0.15, 0.2) is 6.61 Å². The zero-order chi connectivity index (χ0) is 18.6. The van der Waals surface area contributed by atoms with Gasteiger partial charge in [0.05, 0.1) is 6.04 Å². The van der Waals surface area contributed by atoms with E-state index in [0.29, 0.717) is 0 Å². The number of rotatable bonds is 5. The molecule has 0 aliphatic carbocycles. The Bertz CT molecular complexity index is 798. The number of aromatic hydroxyl groups is 1. The summed E-state index contributed by atoms with van der Waals surface area (Å²) in [4.78, 5) is 24.0. The summed E-state index contributed by atoms with van der Waals surface area (Å²) in [6.45, 7) is 7.32.